The molecule has 0 aliphatic carbocycles. The Balaban J connectivity index is 1.92. The minimum Gasteiger partial charge on any atom is -0.465 e. The number of hydrogen-bond donors (Lipinski definition) is 2. The summed E-state index contributed by atoms with van der Waals surface area (Å²) in [7, 11) is 1.33. The number of hydrogen-bond acceptors (Lipinski definition) is 4. The number of nitrogens with one attached hydrogen (secondary N) is 2. The highest BCUT2D eigenvalue weighted by Gasteiger charge is 2.16. The van der Waals surface area contributed by atoms with Gasteiger partial charge in [-0.15, -0.1) is 0 Å². The summed E-state index contributed by atoms with van der Waals surface area (Å²) < 4.78 is 4.66. The molecule has 0 saturated heterocycles. The lowest BCUT2D eigenvalue weighted by Crippen LogP contribution is -2.36. The highest BCUT2D eigenvalue weighted by atomic mass is 32.1. The van der Waals surface area contributed by atoms with E-state index in [0.717, 1.165) is 12.0 Å². The molecule has 0 aliphatic heterocycles. The predicted molar refractivity (Wildman–Crippen MR) is 116 cm³/mol. The van der Waals surface area contributed by atoms with Crippen molar-refractivity contribution in [2.24, 2.45) is 5.92 Å². The van der Waals surface area contributed by atoms with Gasteiger partial charge in [0.25, 0.3) is 0 Å². The number of benzene rings is 2. The fourth-order valence-corrected chi connectivity index (χ4v) is 2.97. The number of thiocarbonyl (C=S) groups is 1. The summed E-state index contributed by atoms with van der Waals surface area (Å²) in [4.78, 5) is 23.9. The van der Waals surface area contributed by atoms with Crippen LogP contribution in [0.25, 0.3) is 0 Å². The predicted octanol–water partition coefficient (Wildman–Crippen LogP) is 4.29. The van der Waals surface area contributed by atoms with Crippen LogP contribution in [0.5, 0.6) is 0 Å². The lowest BCUT2D eigenvalue weighted by atomic mass is 9.96. The third kappa shape index (κ3) is 6.16. The number of rotatable bonds is 6. The Morgan fingerprint density at radius 1 is 1.00 bits per heavy atom. The van der Waals surface area contributed by atoms with Crippen LogP contribution in [0.3, 0.4) is 0 Å². The van der Waals surface area contributed by atoms with Gasteiger partial charge in [0.15, 0.2) is 5.11 Å². The first kappa shape index (κ1) is 21.6. The van der Waals surface area contributed by atoms with E-state index in [4.69, 9.17) is 12.2 Å². The largest absolute Gasteiger partial charge is 0.465 e. The second-order valence-corrected chi connectivity index (χ2v) is 7.48. The second-order valence-electron chi connectivity index (χ2n) is 7.07. The van der Waals surface area contributed by atoms with E-state index in [1.807, 2.05) is 19.1 Å². The van der Waals surface area contributed by atoms with E-state index in [-0.39, 0.29) is 16.9 Å². The molecular weight excluding hydrogens is 372 g/mol. The molecule has 2 rings (SSSR count). The molecule has 2 N–H and O–H groups in total. The van der Waals surface area contributed by atoms with E-state index in [2.05, 4.69) is 41.4 Å². The van der Waals surface area contributed by atoms with Crippen LogP contribution >= 0.6 is 12.2 Å². The van der Waals surface area contributed by atoms with Crippen molar-refractivity contribution in [2.75, 3.05) is 12.4 Å². The summed E-state index contributed by atoms with van der Waals surface area (Å²) in [6.45, 7) is 6.21. The average molecular weight is 399 g/mol. The van der Waals surface area contributed by atoms with Crippen LogP contribution in [-0.2, 0) is 16.0 Å². The van der Waals surface area contributed by atoms with E-state index < -0.39 is 5.97 Å². The average Bonchev–Trinajstić information content (AvgIpc) is 2.67. The monoisotopic (exact) mass is 398 g/mol. The lowest BCUT2D eigenvalue weighted by molar-refractivity contribution is -0.120. The summed E-state index contributed by atoms with van der Waals surface area (Å²) in [5.41, 5.74) is 3.32. The van der Waals surface area contributed by atoms with Gasteiger partial charge >= 0.3 is 5.97 Å². The molecule has 0 bridgehead atoms. The van der Waals surface area contributed by atoms with E-state index in [1.54, 1.807) is 24.3 Å². The molecule has 28 heavy (non-hydrogen) atoms. The Morgan fingerprint density at radius 3 is 2.14 bits per heavy atom. The Hall–Kier alpha value is -2.73. The highest BCUT2D eigenvalue weighted by Crippen LogP contribution is 2.18. The number of esters is 1. The van der Waals surface area contributed by atoms with Crippen molar-refractivity contribution in [3.05, 3.63) is 65.2 Å². The van der Waals surface area contributed by atoms with Crippen LogP contribution in [0.2, 0.25) is 0 Å². The topological polar surface area (TPSA) is 67.4 Å². The zero-order valence-corrected chi connectivity index (χ0v) is 17.4. The Kier molecular flexibility index (Phi) is 7.70. The van der Waals surface area contributed by atoms with Crippen molar-refractivity contribution in [1.29, 1.82) is 0 Å². The molecule has 1 amide bonds. The lowest BCUT2D eigenvalue weighted by Gasteiger charge is -2.15. The first-order valence-corrected chi connectivity index (χ1v) is 9.60. The molecule has 0 fully saturated rings. The summed E-state index contributed by atoms with van der Waals surface area (Å²) in [5, 5.41) is 5.86. The minimum absolute atomic E-state index is 0.180. The molecule has 0 aromatic heterocycles. The molecular formula is C22H26N2O3S. The van der Waals surface area contributed by atoms with Gasteiger partial charge in [-0.3, -0.25) is 4.79 Å². The number of methoxy groups -OCH3 is 1. The maximum atomic E-state index is 12.5. The molecule has 0 aliphatic rings. The van der Waals surface area contributed by atoms with Gasteiger partial charge in [-0.1, -0.05) is 38.1 Å². The summed E-state index contributed by atoms with van der Waals surface area (Å²) in [6, 6.07) is 14.8. The zero-order chi connectivity index (χ0) is 20.7. The third-order valence-electron chi connectivity index (χ3n) is 4.32. The van der Waals surface area contributed by atoms with Gasteiger partial charge in [0.05, 0.1) is 18.6 Å². The van der Waals surface area contributed by atoms with Gasteiger partial charge < -0.3 is 15.4 Å². The summed E-state index contributed by atoms with van der Waals surface area (Å²) >= 11 is 5.22. The maximum absolute atomic E-state index is 12.5. The van der Waals surface area contributed by atoms with Gasteiger partial charge in [-0.2, -0.15) is 0 Å². The highest BCUT2D eigenvalue weighted by molar-refractivity contribution is 7.80. The molecule has 1 atom stereocenters. The number of amides is 1. The first-order valence-electron chi connectivity index (χ1n) is 9.19. The van der Waals surface area contributed by atoms with E-state index in [1.165, 1.54) is 12.7 Å². The van der Waals surface area contributed by atoms with Crippen LogP contribution in [0, 0.1) is 5.92 Å². The smallest absolute Gasteiger partial charge is 0.337 e. The number of carbonyl (C=O) groups excluding carboxylic acids is 2. The van der Waals surface area contributed by atoms with E-state index >= 15 is 0 Å². The summed E-state index contributed by atoms with van der Waals surface area (Å²) in [5.74, 6) is -0.317. The molecule has 2 aromatic carbocycles. The van der Waals surface area contributed by atoms with Gasteiger partial charge in [-0.05, 0) is 66.9 Å². The number of anilines is 1. The van der Waals surface area contributed by atoms with Crippen molar-refractivity contribution in [2.45, 2.75) is 33.1 Å². The van der Waals surface area contributed by atoms with Crippen LogP contribution in [0.1, 0.15) is 48.2 Å². The second kappa shape index (κ2) is 9.99. The first-order chi connectivity index (χ1) is 13.3. The number of carbonyl (C=O) groups is 2. The molecule has 148 valence electrons. The Labute approximate surface area is 171 Å². The van der Waals surface area contributed by atoms with Crippen molar-refractivity contribution in [3.63, 3.8) is 0 Å². The van der Waals surface area contributed by atoms with Crippen molar-refractivity contribution in [1.82, 2.24) is 5.32 Å². The van der Waals surface area contributed by atoms with Crippen LogP contribution < -0.4 is 10.6 Å². The van der Waals surface area contributed by atoms with Crippen molar-refractivity contribution in [3.8, 4) is 0 Å². The standard InChI is InChI=1S/C22H26N2O3S/c1-14(2)13-16-5-7-17(8-6-16)15(3)20(25)24-22(28)23-19-11-9-18(10-12-19)21(26)27-4/h5-12,14-15H,13H2,1-4H3,(H2,23,24,25,28). The fraction of sp³-hybridized carbons (Fsp3) is 0.318. The molecule has 0 radical (unpaired) electrons. The maximum Gasteiger partial charge on any atom is 0.337 e. The van der Waals surface area contributed by atoms with Gasteiger partial charge in [0, 0.05) is 5.69 Å². The summed E-state index contributed by atoms with van der Waals surface area (Å²) in [6.07, 6.45) is 1.02. The minimum atomic E-state index is -0.407. The number of ether oxygens (including phenoxy) is 1. The Bertz CT molecular complexity index is 830. The molecule has 0 saturated carbocycles. The van der Waals surface area contributed by atoms with Crippen LogP contribution in [0.15, 0.2) is 48.5 Å². The van der Waals surface area contributed by atoms with Crippen LogP contribution in [-0.4, -0.2) is 24.1 Å². The normalized spacial score (nSPS) is 11.6. The molecule has 0 spiro atoms. The fourth-order valence-electron chi connectivity index (χ4n) is 2.76. The SMILES string of the molecule is COC(=O)c1ccc(NC(=S)NC(=O)C(C)c2ccc(CC(C)C)cc2)cc1. The molecule has 5 nitrogen and oxygen atoms in total. The van der Waals surface area contributed by atoms with Gasteiger partial charge in [0.2, 0.25) is 5.91 Å². The van der Waals surface area contributed by atoms with Crippen molar-refractivity contribution >= 4 is 34.9 Å². The van der Waals surface area contributed by atoms with Gasteiger partial charge in [-0.25, -0.2) is 4.79 Å². The molecule has 1 unspecified atom stereocenters. The Morgan fingerprint density at radius 2 is 1.61 bits per heavy atom. The molecule has 6 heteroatoms. The van der Waals surface area contributed by atoms with Crippen molar-refractivity contribution < 1.29 is 14.3 Å². The quantitative estimate of drug-likeness (QED) is 0.561. The van der Waals surface area contributed by atoms with E-state index in [9.17, 15) is 9.59 Å². The van der Waals surface area contributed by atoms with Gasteiger partial charge in [0.1, 0.15) is 0 Å². The molecule has 0 heterocycles. The van der Waals surface area contributed by atoms with Crippen LogP contribution in [0.4, 0.5) is 5.69 Å². The molecule has 2 aromatic rings. The van der Waals surface area contributed by atoms with E-state index in [0.29, 0.717) is 17.2 Å². The third-order valence-corrected chi connectivity index (χ3v) is 4.52. The zero-order valence-electron chi connectivity index (χ0n) is 16.6.